The zero-order chi connectivity index (χ0) is 9.02. The summed E-state index contributed by atoms with van der Waals surface area (Å²) >= 11 is 1.52. The summed E-state index contributed by atoms with van der Waals surface area (Å²) in [6.07, 6.45) is 1.93. The number of nitrogens with two attached hydrogens (primary N) is 1. The molecule has 11 heavy (non-hydrogen) atoms. The molecule has 1 atom stereocenters. The molecule has 0 radical (unpaired) electrons. The first kappa shape index (κ1) is 10.8. The Morgan fingerprint density at radius 2 is 2.00 bits per heavy atom. The molecule has 0 fully saturated rings. The first-order valence-corrected chi connectivity index (χ1v) is 4.75. The SMILES string of the molecule is CSN(C)C(C(N)=O)C(C)C. The minimum atomic E-state index is -0.253. The van der Waals surface area contributed by atoms with Gasteiger partial charge in [0.2, 0.25) is 5.91 Å². The van der Waals surface area contributed by atoms with Crippen LogP contribution in [-0.4, -0.2) is 29.6 Å². The lowest BCUT2D eigenvalue weighted by Crippen LogP contribution is -2.42. The normalized spacial score (nSPS) is 14.0. The number of amides is 1. The molecule has 0 rings (SSSR count). The highest BCUT2D eigenvalue weighted by molar-refractivity contribution is 7.96. The van der Waals surface area contributed by atoms with Gasteiger partial charge in [0.25, 0.3) is 0 Å². The van der Waals surface area contributed by atoms with E-state index < -0.39 is 0 Å². The van der Waals surface area contributed by atoms with Crippen LogP contribution >= 0.6 is 11.9 Å². The van der Waals surface area contributed by atoms with Crippen LogP contribution in [0.1, 0.15) is 13.8 Å². The van der Waals surface area contributed by atoms with Gasteiger partial charge in [0.15, 0.2) is 0 Å². The molecule has 0 aromatic rings. The van der Waals surface area contributed by atoms with Gasteiger partial charge in [-0.1, -0.05) is 25.8 Å². The second kappa shape index (κ2) is 4.62. The fraction of sp³-hybridized carbons (Fsp3) is 0.857. The standard InChI is InChI=1S/C7H16N2OS/c1-5(2)6(7(8)10)9(3)11-4/h5-6H,1-4H3,(H2,8,10). The van der Waals surface area contributed by atoms with E-state index in [2.05, 4.69) is 0 Å². The predicted molar refractivity (Wildman–Crippen MR) is 49.1 cm³/mol. The summed E-state index contributed by atoms with van der Waals surface area (Å²) in [4.78, 5) is 10.9. The number of carbonyl (C=O) groups is 1. The zero-order valence-corrected chi connectivity index (χ0v) is 8.31. The second-order valence-electron chi connectivity index (χ2n) is 2.82. The summed E-state index contributed by atoms with van der Waals surface area (Å²) in [6.45, 7) is 3.98. The van der Waals surface area contributed by atoms with E-state index in [0.717, 1.165) is 0 Å². The monoisotopic (exact) mass is 176 g/mol. The minimum absolute atomic E-state index is 0.162. The summed E-state index contributed by atoms with van der Waals surface area (Å²) in [5.41, 5.74) is 5.22. The smallest absolute Gasteiger partial charge is 0.235 e. The van der Waals surface area contributed by atoms with Crippen LogP contribution in [0.4, 0.5) is 0 Å². The van der Waals surface area contributed by atoms with Gasteiger partial charge in [0.05, 0.1) is 0 Å². The van der Waals surface area contributed by atoms with Crippen LogP contribution in [0.15, 0.2) is 0 Å². The van der Waals surface area contributed by atoms with Crippen LogP contribution in [0.2, 0.25) is 0 Å². The molecule has 0 aliphatic rings. The van der Waals surface area contributed by atoms with Crippen molar-refractivity contribution in [3.8, 4) is 0 Å². The lowest BCUT2D eigenvalue weighted by molar-refractivity contribution is -0.122. The van der Waals surface area contributed by atoms with Gasteiger partial charge < -0.3 is 5.73 Å². The quantitative estimate of drug-likeness (QED) is 0.642. The molecule has 4 heteroatoms. The number of hydrogen-bond donors (Lipinski definition) is 1. The van der Waals surface area contributed by atoms with Gasteiger partial charge in [0.1, 0.15) is 6.04 Å². The summed E-state index contributed by atoms with van der Waals surface area (Å²) in [5.74, 6) is 0.0156. The predicted octanol–water partition coefficient (Wildman–Crippen LogP) is 0.706. The molecule has 1 unspecified atom stereocenters. The van der Waals surface area contributed by atoms with Gasteiger partial charge >= 0.3 is 0 Å². The summed E-state index contributed by atoms with van der Waals surface area (Å²) in [7, 11) is 1.88. The Kier molecular flexibility index (Phi) is 4.52. The van der Waals surface area contributed by atoms with Crippen LogP contribution in [0.25, 0.3) is 0 Å². The van der Waals surface area contributed by atoms with Gasteiger partial charge in [-0.2, -0.15) is 0 Å². The topological polar surface area (TPSA) is 46.3 Å². The first-order valence-electron chi connectivity index (χ1n) is 3.57. The van der Waals surface area contributed by atoms with E-state index in [0.29, 0.717) is 0 Å². The molecule has 1 amide bonds. The van der Waals surface area contributed by atoms with Crippen LogP contribution in [0.5, 0.6) is 0 Å². The first-order chi connectivity index (χ1) is 5.00. The van der Waals surface area contributed by atoms with Crippen molar-refractivity contribution >= 4 is 17.9 Å². The van der Waals surface area contributed by atoms with Crippen LogP contribution < -0.4 is 5.73 Å². The van der Waals surface area contributed by atoms with Gasteiger partial charge in [-0.25, -0.2) is 4.31 Å². The molecule has 0 aromatic heterocycles. The number of hydrogen-bond acceptors (Lipinski definition) is 3. The van der Waals surface area contributed by atoms with Crippen molar-refractivity contribution in [1.29, 1.82) is 0 Å². The Morgan fingerprint density at radius 1 is 1.55 bits per heavy atom. The maximum atomic E-state index is 10.9. The molecule has 0 aliphatic carbocycles. The highest BCUT2D eigenvalue weighted by atomic mass is 32.2. The number of carbonyl (C=O) groups excluding carboxylic acids is 1. The fourth-order valence-electron chi connectivity index (χ4n) is 1.04. The highest BCUT2D eigenvalue weighted by Crippen LogP contribution is 2.14. The van der Waals surface area contributed by atoms with Crippen LogP contribution in [0.3, 0.4) is 0 Å². The number of primary amides is 1. The number of nitrogens with zero attached hydrogens (tertiary/aromatic N) is 1. The molecule has 0 bridgehead atoms. The molecule has 0 saturated heterocycles. The number of likely N-dealkylation sites (N-methyl/N-ethyl adjacent to an activating group) is 1. The van der Waals surface area contributed by atoms with Gasteiger partial charge in [-0.05, 0) is 19.2 Å². The van der Waals surface area contributed by atoms with Crippen molar-refractivity contribution in [3.63, 3.8) is 0 Å². The second-order valence-corrected chi connectivity index (χ2v) is 3.76. The molecule has 3 nitrogen and oxygen atoms in total. The van der Waals surface area contributed by atoms with E-state index in [1.54, 1.807) is 0 Å². The van der Waals surface area contributed by atoms with Crippen molar-refractivity contribution < 1.29 is 4.79 Å². The van der Waals surface area contributed by atoms with Crippen molar-refractivity contribution in [2.75, 3.05) is 13.3 Å². The Balaban J connectivity index is 4.21. The summed E-state index contributed by atoms with van der Waals surface area (Å²) in [6, 6.07) is -0.162. The molecule has 0 heterocycles. The maximum absolute atomic E-state index is 10.9. The van der Waals surface area contributed by atoms with E-state index in [-0.39, 0.29) is 17.9 Å². The third-order valence-electron chi connectivity index (χ3n) is 1.60. The van der Waals surface area contributed by atoms with Crippen molar-refractivity contribution in [1.82, 2.24) is 4.31 Å². The summed E-state index contributed by atoms with van der Waals surface area (Å²) < 4.78 is 1.88. The Hall–Kier alpha value is -0.220. The lowest BCUT2D eigenvalue weighted by atomic mass is 10.0. The van der Waals surface area contributed by atoms with Crippen molar-refractivity contribution in [2.45, 2.75) is 19.9 Å². The zero-order valence-electron chi connectivity index (χ0n) is 7.50. The molecule has 0 aliphatic heterocycles. The lowest BCUT2D eigenvalue weighted by Gasteiger charge is -2.25. The van der Waals surface area contributed by atoms with E-state index in [4.69, 9.17) is 5.73 Å². The summed E-state index contributed by atoms with van der Waals surface area (Å²) in [5, 5.41) is 0. The average Bonchev–Trinajstić information content (AvgIpc) is 1.85. The molecule has 66 valence electrons. The van der Waals surface area contributed by atoms with E-state index >= 15 is 0 Å². The maximum Gasteiger partial charge on any atom is 0.235 e. The molecule has 0 aromatic carbocycles. The third-order valence-corrected chi connectivity index (χ3v) is 2.41. The number of rotatable bonds is 4. The molecular formula is C7H16N2OS. The van der Waals surface area contributed by atoms with E-state index in [1.807, 2.05) is 31.5 Å². The van der Waals surface area contributed by atoms with Gasteiger partial charge in [-0.3, -0.25) is 4.79 Å². The van der Waals surface area contributed by atoms with Crippen molar-refractivity contribution in [2.24, 2.45) is 11.7 Å². The van der Waals surface area contributed by atoms with Crippen LogP contribution in [0, 0.1) is 5.92 Å². The molecule has 2 N–H and O–H groups in total. The minimum Gasteiger partial charge on any atom is -0.368 e. The molecule has 0 saturated carbocycles. The van der Waals surface area contributed by atoms with Gasteiger partial charge in [-0.15, -0.1) is 0 Å². The van der Waals surface area contributed by atoms with E-state index in [1.165, 1.54) is 11.9 Å². The van der Waals surface area contributed by atoms with Crippen LogP contribution in [-0.2, 0) is 4.79 Å². The van der Waals surface area contributed by atoms with E-state index in [9.17, 15) is 4.79 Å². The average molecular weight is 176 g/mol. The largest absolute Gasteiger partial charge is 0.368 e. The molecule has 0 spiro atoms. The highest BCUT2D eigenvalue weighted by Gasteiger charge is 2.23. The Labute approximate surface area is 72.4 Å². The Bertz CT molecular complexity index is 138. The van der Waals surface area contributed by atoms with Crippen molar-refractivity contribution in [3.05, 3.63) is 0 Å². The Morgan fingerprint density at radius 3 is 2.09 bits per heavy atom. The molecular weight excluding hydrogens is 160 g/mol. The van der Waals surface area contributed by atoms with Gasteiger partial charge in [0, 0.05) is 0 Å². The third kappa shape index (κ3) is 3.12. The fourth-order valence-corrected chi connectivity index (χ4v) is 1.62.